The van der Waals surface area contributed by atoms with Gasteiger partial charge in [0.1, 0.15) is 5.75 Å². The van der Waals surface area contributed by atoms with Crippen LogP contribution in [0.25, 0.3) is 0 Å². The predicted molar refractivity (Wildman–Crippen MR) is 72.3 cm³/mol. The van der Waals surface area contributed by atoms with Crippen LogP contribution in [0.1, 0.15) is 33.3 Å². The fourth-order valence-corrected chi connectivity index (χ4v) is 1.42. The number of para-hydroxylation sites is 1. The van der Waals surface area contributed by atoms with Crippen LogP contribution >= 0.6 is 0 Å². The summed E-state index contributed by atoms with van der Waals surface area (Å²) in [6.45, 7) is 7.72. The lowest BCUT2D eigenvalue weighted by Gasteiger charge is -2.19. The van der Waals surface area contributed by atoms with E-state index in [2.05, 4.69) is 5.32 Å². The molecule has 0 aromatic heterocycles. The number of amides is 1. The van der Waals surface area contributed by atoms with E-state index >= 15 is 0 Å². The summed E-state index contributed by atoms with van der Waals surface area (Å²) in [6.07, 6.45) is 0.104. The first kappa shape index (κ1) is 14.5. The molecule has 4 nitrogen and oxygen atoms in total. The first-order valence-electron chi connectivity index (χ1n) is 6.12. The SMILES string of the molecule is CC(C)Oc1ccccc1CNC(=O)C(C)(C)N. The van der Waals surface area contributed by atoms with E-state index in [1.807, 2.05) is 38.1 Å². The Kier molecular flexibility index (Phi) is 4.73. The van der Waals surface area contributed by atoms with Gasteiger partial charge in [-0.25, -0.2) is 0 Å². The minimum atomic E-state index is -0.867. The first-order chi connectivity index (χ1) is 8.30. The van der Waals surface area contributed by atoms with E-state index < -0.39 is 5.54 Å². The first-order valence-corrected chi connectivity index (χ1v) is 6.12. The van der Waals surface area contributed by atoms with Crippen molar-refractivity contribution >= 4 is 5.91 Å². The average Bonchev–Trinajstić information content (AvgIpc) is 2.25. The molecule has 0 aliphatic rings. The van der Waals surface area contributed by atoms with Gasteiger partial charge in [-0.1, -0.05) is 18.2 Å². The number of hydrogen-bond donors (Lipinski definition) is 2. The maximum absolute atomic E-state index is 11.7. The second-order valence-electron chi connectivity index (χ2n) is 5.18. The minimum absolute atomic E-state index is 0.104. The molecular weight excluding hydrogens is 228 g/mol. The van der Waals surface area contributed by atoms with Crippen LogP contribution in [0.3, 0.4) is 0 Å². The average molecular weight is 250 g/mol. The highest BCUT2D eigenvalue weighted by Crippen LogP contribution is 2.19. The van der Waals surface area contributed by atoms with Gasteiger partial charge in [-0.2, -0.15) is 0 Å². The van der Waals surface area contributed by atoms with Crippen LogP contribution in [0.15, 0.2) is 24.3 Å². The van der Waals surface area contributed by atoms with Crippen LogP contribution < -0.4 is 15.8 Å². The van der Waals surface area contributed by atoms with E-state index in [9.17, 15) is 4.79 Å². The fraction of sp³-hybridized carbons (Fsp3) is 0.500. The van der Waals surface area contributed by atoms with E-state index in [1.165, 1.54) is 0 Å². The largest absolute Gasteiger partial charge is 0.491 e. The monoisotopic (exact) mass is 250 g/mol. The number of nitrogens with one attached hydrogen (secondary N) is 1. The molecule has 0 aliphatic carbocycles. The molecule has 0 aliphatic heterocycles. The maximum atomic E-state index is 11.7. The van der Waals surface area contributed by atoms with E-state index in [-0.39, 0.29) is 12.0 Å². The van der Waals surface area contributed by atoms with Crippen LogP contribution in [0.5, 0.6) is 5.75 Å². The molecule has 0 saturated carbocycles. The van der Waals surface area contributed by atoms with Crippen molar-refractivity contribution in [1.29, 1.82) is 0 Å². The molecule has 1 aromatic rings. The Bertz CT molecular complexity index is 409. The highest BCUT2D eigenvalue weighted by molar-refractivity contribution is 5.85. The van der Waals surface area contributed by atoms with Crippen molar-refractivity contribution in [3.63, 3.8) is 0 Å². The van der Waals surface area contributed by atoms with Crippen LogP contribution in [0.2, 0.25) is 0 Å². The Morgan fingerprint density at radius 3 is 2.56 bits per heavy atom. The molecule has 0 fully saturated rings. The molecule has 4 heteroatoms. The van der Waals surface area contributed by atoms with Crippen molar-refractivity contribution in [2.24, 2.45) is 5.73 Å². The van der Waals surface area contributed by atoms with Crippen LogP contribution in [0.4, 0.5) is 0 Å². The lowest BCUT2D eigenvalue weighted by atomic mass is 10.1. The molecule has 100 valence electrons. The highest BCUT2D eigenvalue weighted by Gasteiger charge is 2.21. The van der Waals surface area contributed by atoms with Gasteiger partial charge >= 0.3 is 0 Å². The summed E-state index contributed by atoms with van der Waals surface area (Å²) in [4.78, 5) is 11.7. The third-order valence-electron chi connectivity index (χ3n) is 2.36. The molecule has 0 spiro atoms. The van der Waals surface area contributed by atoms with Gasteiger partial charge in [-0.3, -0.25) is 4.79 Å². The predicted octanol–water partition coefficient (Wildman–Crippen LogP) is 1.83. The van der Waals surface area contributed by atoms with Gasteiger partial charge in [-0.05, 0) is 33.8 Å². The van der Waals surface area contributed by atoms with Gasteiger partial charge in [-0.15, -0.1) is 0 Å². The number of ether oxygens (including phenoxy) is 1. The zero-order valence-electron chi connectivity index (χ0n) is 11.5. The summed E-state index contributed by atoms with van der Waals surface area (Å²) in [6, 6.07) is 7.66. The summed E-state index contributed by atoms with van der Waals surface area (Å²) in [5, 5.41) is 2.81. The van der Waals surface area contributed by atoms with Gasteiger partial charge in [0.05, 0.1) is 11.6 Å². The number of hydrogen-bond acceptors (Lipinski definition) is 3. The molecular formula is C14H22N2O2. The van der Waals surface area contributed by atoms with Gasteiger partial charge in [0, 0.05) is 12.1 Å². The summed E-state index contributed by atoms with van der Waals surface area (Å²) >= 11 is 0. The molecule has 0 unspecified atom stereocenters. The fourth-order valence-electron chi connectivity index (χ4n) is 1.42. The van der Waals surface area contributed by atoms with Gasteiger partial charge in [0.2, 0.25) is 5.91 Å². The third kappa shape index (κ3) is 4.37. The number of carbonyl (C=O) groups excluding carboxylic acids is 1. The van der Waals surface area contributed by atoms with Crippen molar-refractivity contribution in [2.75, 3.05) is 0 Å². The molecule has 1 rings (SSSR count). The molecule has 1 amide bonds. The Hall–Kier alpha value is -1.55. The van der Waals surface area contributed by atoms with Crippen LogP contribution in [0, 0.1) is 0 Å². The van der Waals surface area contributed by atoms with Gasteiger partial charge < -0.3 is 15.8 Å². The second kappa shape index (κ2) is 5.87. The van der Waals surface area contributed by atoms with Crippen molar-refractivity contribution in [2.45, 2.75) is 45.9 Å². The Balaban J connectivity index is 2.70. The minimum Gasteiger partial charge on any atom is -0.491 e. The molecule has 0 saturated heterocycles. The molecule has 3 N–H and O–H groups in total. The molecule has 1 aromatic carbocycles. The van der Waals surface area contributed by atoms with Crippen molar-refractivity contribution in [3.8, 4) is 5.75 Å². The van der Waals surface area contributed by atoms with E-state index in [1.54, 1.807) is 13.8 Å². The smallest absolute Gasteiger partial charge is 0.239 e. The van der Waals surface area contributed by atoms with Crippen molar-refractivity contribution in [3.05, 3.63) is 29.8 Å². The maximum Gasteiger partial charge on any atom is 0.239 e. The zero-order valence-corrected chi connectivity index (χ0v) is 11.5. The Morgan fingerprint density at radius 1 is 1.39 bits per heavy atom. The topological polar surface area (TPSA) is 64.3 Å². The third-order valence-corrected chi connectivity index (χ3v) is 2.36. The summed E-state index contributed by atoms with van der Waals surface area (Å²) in [5.74, 6) is 0.615. The van der Waals surface area contributed by atoms with E-state index in [0.717, 1.165) is 11.3 Å². The van der Waals surface area contributed by atoms with E-state index in [0.29, 0.717) is 6.54 Å². The Morgan fingerprint density at radius 2 is 2.00 bits per heavy atom. The molecule has 0 heterocycles. The van der Waals surface area contributed by atoms with Gasteiger partial charge in [0.25, 0.3) is 0 Å². The second-order valence-corrected chi connectivity index (χ2v) is 5.18. The zero-order chi connectivity index (χ0) is 13.8. The highest BCUT2D eigenvalue weighted by atomic mass is 16.5. The number of rotatable bonds is 5. The molecule has 0 atom stereocenters. The Labute approximate surface area is 109 Å². The quantitative estimate of drug-likeness (QED) is 0.838. The molecule has 0 bridgehead atoms. The number of nitrogens with two attached hydrogens (primary N) is 1. The standard InChI is InChI=1S/C14H22N2O2/c1-10(2)18-12-8-6-5-7-11(12)9-16-13(17)14(3,4)15/h5-8,10H,9,15H2,1-4H3,(H,16,17). The number of carbonyl (C=O) groups is 1. The lowest BCUT2D eigenvalue weighted by Crippen LogP contribution is -2.48. The van der Waals surface area contributed by atoms with E-state index in [4.69, 9.17) is 10.5 Å². The molecule has 0 radical (unpaired) electrons. The normalized spacial score (nSPS) is 11.4. The van der Waals surface area contributed by atoms with Crippen molar-refractivity contribution < 1.29 is 9.53 Å². The van der Waals surface area contributed by atoms with Crippen LogP contribution in [-0.2, 0) is 11.3 Å². The molecule has 18 heavy (non-hydrogen) atoms. The van der Waals surface area contributed by atoms with Crippen LogP contribution in [-0.4, -0.2) is 17.6 Å². The summed E-state index contributed by atoms with van der Waals surface area (Å²) in [7, 11) is 0. The van der Waals surface area contributed by atoms with Gasteiger partial charge in [0.15, 0.2) is 0 Å². The summed E-state index contributed by atoms with van der Waals surface area (Å²) < 4.78 is 5.68. The van der Waals surface area contributed by atoms with Crippen molar-refractivity contribution in [1.82, 2.24) is 5.32 Å². The lowest BCUT2D eigenvalue weighted by molar-refractivity contribution is -0.125. The number of benzene rings is 1. The summed E-state index contributed by atoms with van der Waals surface area (Å²) in [5.41, 5.74) is 5.80.